The second kappa shape index (κ2) is 10.8. The van der Waals surface area contributed by atoms with Crippen LogP contribution < -0.4 is 10.6 Å². The molecule has 2 aromatic rings. The number of nitrogens with zero attached hydrogens (tertiary/aromatic N) is 3. The predicted octanol–water partition coefficient (Wildman–Crippen LogP) is 5.11. The normalized spacial score (nSPS) is 17.7. The summed E-state index contributed by atoms with van der Waals surface area (Å²) in [7, 11) is 0. The van der Waals surface area contributed by atoms with Crippen LogP contribution in [0.5, 0.6) is 0 Å². The highest BCUT2D eigenvalue weighted by Crippen LogP contribution is 2.40. The Morgan fingerprint density at radius 1 is 1.29 bits per heavy atom. The van der Waals surface area contributed by atoms with Gasteiger partial charge in [-0.25, -0.2) is 27.5 Å². The molecule has 3 N–H and O–H groups in total. The molecule has 3 rings (SSSR count). The SMILES string of the molecule is CCC(C)(C)Nc1cc(C(F)F)c(-c2sc(C(=O)NCC(C)(C)O)nc2C(=O)N2CC(F)(F)CC2C)cn1. The average molecular weight is 560 g/mol. The first-order chi connectivity index (χ1) is 17.4. The number of anilines is 1. The zero-order valence-corrected chi connectivity index (χ0v) is 23.0. The summed E-state index contributed by atoms with van der Waals surface area (Å²) in [6, 6.07) is 0.349. The van der Waals surface area contributed by atoms with Gasteiger partial charge in [-0.05, 0) is 47.1 Å². The van der Waals surface area contributed by atoms with Crippen LogP contribution in [0.25, 0.3) is 10.4 Å². The number of aliphatic hydroxyl groups is 1. The van der Waals surface area contributed by atoms with Crippen molar-refractivity contribution in [3.05, 3.63) is 28.5 Å². The van der Waals surface area contributed by atoms with Crippen molar-refractivity contribution in [1.82, 2.24) is 20.2 Å². The molecule has 1 saturated heterocycles. The van der Waals surface area contributed by atoms with Crippen LogP contribution in [0.1, 0.15) is 86.7 Å². The first-order valence-electron chi connectivity index (χ1n) is 12.2. The maximum atomic E-state index is 14.2. The van der Waals surface area contributed by atoms with Gasteiger partial charge in [0.05, 0.1) is 17.0 Å². The first kappa shape index (κ1) is 29.8. The largest absolute Gasteiger partial charge is 0.389 e. The molecule has 1 fully saturated rings. The number of aromatic nitrogens is 2. The van der Waals surface area contributed by atoms with E-state index in [4.69, 9.17) is 0 Å². The molecule has 1 aliphatic rings. The molecule has 3 heterocycles. The molecule has 2 aromatic heterocycles. The van der Waals surface area contributed by atoms with E-state index in [1.807, 2.05) is 20.8 Å². The Bertz CT molecular complexity index is 1200. The van der Waals surface area contributed by atoms with Gasteiger partial charge in [-0.1, -0.05) is 6.92 Å². The van der Waals surface area contributed by atoms with Crippen LogP contribution in [0.2, 0.25) is 0 Å². The lowest BCUT2D eigenvalue weighted by Crippen LogP contribution is -2.38. The fraction of sp³-hybridized carbons (Fsp3) is 0.600. The molecule has 8 nitrogen and oxygen atoms in total. The third-order valence-electron chi connectivity index (χ3n) is 6.26. The van der Waals surface area contributed by atoms with Crippen molar-refractivity contribution in [2.45, 2.75) is 83.9 Å². The molecule has 0 aromatic carbocycles. The molecule has 38 heavy (non-hydrogen) atoms. The third-order valence-corrected chi connectivity index (χ3v) is 7.35. The number of carbonyl (C=O) groups excluding carboxylic acids is 2. The Morgan fingerprint density at radius 3 is 2.47 bits per heavy atom. The van der Waals surface area contributed by atoms with Gasteiger partial charge in [0.25, 0.3) is 24.2 Å². The summed E-state index contributed by atoms with van der Waals surface area (Å²) >= 11 is 0.681. The summed E-state index contributed by atoms with van der Waals surface area (Å²) in [5.74, 6) is -4.54. The maximum Gasteiger partial charge on any atom is 0.280 e. The zero-order chi connectivity index (χ0) is 28.6. The number of amides is 2. The van der Waals surface area contributed by atoms with Crippen molar-refractivity contribution in [1.29, 1.82) is 0 Å². The van der Waals surface area contributed by atoms with E-state index in [0.717, 1.165) is 4.90 Å². The highest BCUT2D eigenvalue weighted by molar-refractivity contribution is 7.17. The summed E-state index contributed by atoms with van der Waals surface area (Å²) in [5, 5.41) is 15.3. The van der Waals surface area contributed by atoms with Crippen molar-refractivity contribution >= 4 is 29.0 Å². The highest BCUT2D eigenvalue weighted by Gasteiger charge is 2.46. The molecule has 0 radical (unpaired) electrons. The number of carbonyl (C=O) groups is 2. The molecule has 0 aliphatic carbocycles. The van der Waals surface area contributed by atoms with Crippen molar-refractivity contribution < 1.29 is 32.3 Å². The van der Waals surface area contributed by atoms with Gasteiger partial charge >= 0.3 is 0 Å². The Labute approximate surface area is 222 Å². The number of nitrogens with one attached hydrogen (secondary N) is 2. The monoisotopic (exact) mass is 559 g/mol. The van der Waals surface area contributed by atoms with Crippen LogP contribution in [-0.4, -0.2) is 68.0 Å². The number of halogens is 4. The van der Waals surface area contributed by atoms with E-state index in [-0.39, 0.29) is 33.5 Å². The number of hydrogen-bond acceptors (Lipinski definition) is 7. The van der Waals surface area contributed by atoms with E-state index in [1.165, 1.54) is 33.0 Å². The van der Waals surface area contributed by atoms with Crippen LogP contribution in [0.4, 0.5) is 23.4 Å². The Kier molecular flexibility index (Phi) is 8.42. The predicted molar refractivity (Wildman–Crippen MR) is 137 cm³/mol. The molecule has 13 heteroatoms. The molecular weight excluding hydrogens is 526 g/mol. The van der Waals surface area contributed by atoms with Gasteiger partial charge in [0.15, 0.2) is 5.01 Å². The number of rotatable bonds is 9. The number of likely N-dealkylation sites (tertiary alicyclic amines) is 1. The highest BCUT2D eigenvalue weighted by atomic mass is 32.1. The molecule has 1 atom stereocenters. The maximum absolute atomic E-state index is 14.2. The zero-order valence-electron chi connectivity index (χ0n) is 22.2. The standard InChI is InChI=1S/C25H33F4N5O3S/c1-7-23(3,4)33-16-8-14(19(26)27)15(10-30-16)18-17(22(36)34-12-25(28,29)9-13(34)2)32-21(38-18)20(35)31-11-24(5,6)37/h8,10,13,19,37H,7,9,11-12H2,1-6H3,(H,30,33)(H,31,35). The minimum Gasteiger partial charge on any atom is -0.389 e. The smallest absolute Gasteiger partial charge is 0.280 e. The van der Waals surface area contributed by atoms with Gasteiger partial charge in [-0.15, -0.1) is 11.3 Å². The van der Waals surface area contributed by atoms with Gasteiger partial charge in [-0.3, -0.25) is 9.59 Å². The molecular formula is C25H33F4N5O3S. The second-order valence-corrected chi connectivity index (χ2v) is 11.9. The van der Waals surface area contributed by atoms with E-state index >= 15 is 0 Å². The summed E-state index contributed by atoms with van der Waals surface area (Å²) in [5.41, 5.74) is -2.63. The minimum atomic E-state index is -3.10. The molecule has 1 aliphatic heterocycles. The van der Waals surface area contributed by atoms with Crippen LogP contribution in [-0.2, 0) is 0 Å². The number of alkyl halides is 4. The number of thiazole rings is 1. The second-order valence-electron chi connectivity index (χ2n) is 10.9. The third kappa shape index (κ3) is 6.99. The van der Waals surface area contributed by atoms with E-state index in [0.29, 0.717) is 17.8 Å². The Hall–Kier alpha value is -2.80. The fourth-order valence-electron chi connectivity index (χ4n) is 3.88. The van der Waals surface area contributed by atoms with Gasteiger partial charge in [0.2, 0.25) is 0 Å². The van der Waals surface area contributed by atoms with E-state index in [9.17, 15) is 32.3 Å². The first-order valence-corrected chi connectivity index (χ1v) is 13.0. The fourth-order valence-corrected chi connectivity index (χ4v) is 4.89. The topological polar surface area (TPSA) is 107 Å². The Balaban J connectivity index is 2.11. The van der Waals surface area contributed by atoms with Gasteiger partial charge in [-0.2, -0.15) is 0 Å². The summed E-state index contributed by atoms with van der Waals surface area (Å²) < 4.78 is 56.6. The van der Waals surface area contributed by atoms with Crippen molar-refractivity contribution in [2.24, 2.45) is 0 Å². The quantitative estimate of drug-likeness (QED) is 0.369. The van der Waals surface area contributed by atoms with Crippen molar-refractivity contribution in [3.63, 3.8) is 0 Å². The summed E-state index contributed by atoms with van der Waals surface area (Å²) in [6.07, 6.45) is -1.66. The van der Waals surface area contributed by atoms with Crippen molar-refractivity contribution in [2.75, 3.05) is 18.4 Å². The number of hydrogen-bond donors (Lipinski definition) is 3. The van der Waals surface area contributed by atoms with Crippen LogP contribution >= 0.6 is 11.3 Å². The lowest BCUT2D eigenvalue weighted by Gasteiger charge is -2.25. The Morgan fingerprint density at radius 2 is 1.95 bits per heavy atom. The lowest BCUT2D eigenvalue weighted by atomic mass is 10.0. The molecule has 210 valence electrons. The molecule has 1 unspecified atom stereocenters. The van der Waals surface area contributed by atoms with Crippen molar-refractivity contribution in [3.8, 4) is 10.4 Å². The van der Waals surface area contributed by atoms with E-state index in [2.05, 4.69) is 20.6 Å². The minimum absolute atomic E-state index is 0.0741. The van der Waals surface area contributed by atoms with E-state index in [1.54, 1.807) is 0 Å². The van der Waals surface area contributed by atoms with Crippen LogP contribution in [0.15, 0.2) is 12.3 Å². The van der Waals surface area contributed by atoms with Crippen LogP contribution in [0, 0.1) is 0 Å². The average Bonchev–Trinajstić information content (AvgIpc) is 3.36. The van der Waals surface area contributed by atoms with Gasteiger partial charge in [0.1, 0.15) is 11.5 Å². The molecule has 2 amide bonds. The van der Waals surface area contributed by atoms with E-state index < -0.39 is 59.9 Å². The lowest BCUT2D eigenvalue weighted by molar-refractivity contribution is 0.0118. The van der Waals surface area contributed by atoms with Crippen LogP contribution in [0.3, 0.4) is 0 Å². The summed E-state index contributed by atoms with van der Waals surface area (Å²) in [6.45, 7) is 9.12. The molecule has 0 spiro atoms. The number of pyridine rings is 1. The van der Waals surface area contributed by atoms with Gasteiger partial charge in [0, 0.05) is 41.9 Å². The van der Waals surface area contributed by atoms with Gasteiger partial charge < -0.3 is 20.6 Å². The molecule has 0 bridgehead atoms. The summed E-state index contributed by atoms with van der Waals surface area (Å²) in [4.78, 5) is 35.4. The molecule has 0 saturated carbocycles.